The van der Waals surface area contributed by atoms with Crippen LogP contribution < -0.4 is 4.73 Å². The Morgan fingerprint density at radius 2 is 1.80 bits per heavy atom. The van der Waals surface area contributed by atoms with Crippen molar-refractivity contribution in [2.75, 3.05) is 0 Å². The molecule has 0 fully saturated rings. The summed E-state index contributed by atoms with van der Waals surface area (Å²) in [5, 5.41) is 34.6. The number of rotatable bonds is 7. The van der Waals surface area contributed by atoms with Gasteiger partial charge >= 0.3 is 0 Å². The van der Waals surface area contributed by atoms with E-state index in [-0.39, 0.29) is 5.82 Å². The molecule has 0 amide bonds. The van der Waals surface area contributed by atoms with Crippen LogP contribution in [0.25, 0.3) is 28.1 Å². The Labute approximate surface area is 238 Å². The van der Waals surface area contributed by atoms with Crippen LogP contribution in [0, 0.1) is 22.4 Å². The zero-order chi connectivity index (χ0) is 28.3. The summed E-state index contributed by atoms with van der Waals surface area (Å²) in [6.45, 7) is 0. The first-order valence-corrected chi connectivity index (χ1v) is 12.9. The van der Waals surface area contributed by atoms with Crippen LogP contribution in [0.3, 0.4) is 0 Å². The fourth-order valence-corrected chi connectivity index (χ4v) is 4.89. The van der Waals surface area contributed by atoms with Crippen molar-refractivity contribution in [3.05, 3.63) is 136 Å². The maximum Gasteiger partial charge on any atom is 0.203 e. The van der Waals surface area contributed by atoms with E-state index < -0.39 is 5.92 Å². The number of tetrazole rings is 1. The standard InChI is InChI=1S/C30H20ClFN8O/c31-23-8-12-28(39-18-35-37-38-39)25(14-23)22-7-11-29(40(41)17-22)26(13-19-3-9-24(32)10-4-19)30-34-16-27(36-30)21-5-1-20(15-33)2-6-21/h1-12,14,16-18,26H,13H2,(H,34,36). The minimum Gasteiger partial charge on any atom is -0.618 e. The molecule has 0 saturated carbocycles. The number of hydrogen-bond donors (Lipinski definition) is 1. The Balaban J connectivity index is 1.40. The van der Waals surface area contributed by atoms with E-state index >= 15 is 0 Å². The van der Waals surface area contributed by atoms with Gasteiger partial charge in [0.15, 0.2) is 6.20 Å². The summed E-state index contributed by atoms with van der Waals surface area (Å²) in [5.41, 5.74) is 5.40. The fourth-order valence-electron chi connectivity index (χ4n) is 4.71. The number of pyridine rings is 1. The number of aromatic nitrogens is 7. The van der Waals surface area contributed by atoms with Gasteiger partial charge in [-0.1, -0.05) is 35.9 Å². The molecule has 0 aliphatic carbocycles. The number of halogens is 2. The predicted molar refractivity (Wildman–Crippen MR) is 149 cm³/mol. The first kappa shape index (κ1) is 25.9. The molecule has 11 heteroatoms. The highest BCUT2D eigenvalue weighted by molar-refractivity contribution is 6.31. The van der Waals surface area contributed by atoms with Crippen molar-refractivity contribution in [3.63, 3.8) is 0 Å². The lowest BCUT2D eigenvalue weighted by Gasteiger charge is -2.16. The zero-order valence-corrected chi connectivity index (χ0v) is 22.1. The van der Waals surface area contributed by atoms with E-state index in [1.54, 1.807) is 54.7 Å². The molecule has 6 rings (SSSR count). The number of imidazole rings is 1. The number of nitrogens with one attached hydrogen (secondary N) is 1. The molecular formula is C30H20ClFN8O. The monoisotopic (exact) mass is 562 g/mol. The summed E-state index contributed by atoms with van der Waals surface area (Å²) < 4.78 is 15.9. The van der Waals surface area contributed by atoms with Crippen molar-refractivity contribution in [1.29, 1.82) is 5.26 Å². The first-order valence-electron chi connectivity index (χ1n) is 12.5. The molecule has 0 aliphatic rings. The van der Waals surface area contributed by atoms with Crippen LogP contribution in [0.2, 0.25) is 5.02 Å². The van der Waals surface area contributed by atoms with E-state index in [9.17, 15) is 9.60 Å². The molecule has 3 aromatic heterocycles. The van der Waals surface area contributed by atoms with Crippen LogP contribution >= 0.6 is 11.6 Å². The van der Waals surface area contributed by atoms with Crippen molar-refractivity contribution in [3.8, 4) is 34.1 Å². The van der Waals surface area contributed by atoms with Crippen molar-refractivity contribution in [1.82, 2.24) is 30.2 Å². The molecule has 1 atom stereocenters. The van der Waals surface area contributed by atoms with Crippen LogP contribution in [-0.4, -0.2) is 30.2 Å². The van der Waals surface area contributed by atoms with Crippen LogP contribution in [-0.2, 0) is 6.42 Å². The average molecular weight is 563 g/mol. The molecule has 3 aromatic carbocycles. The molecule has 0 bridgehead atoms. The predicted octanol–water partition coefficient (Wildman–Crippen LogP) is 5.39. The van der Waals surface area contributed by atoms with Crippen LogP contribution in [0.4, 0.5) is 4.39 Å². The van der Waals surface area contributed by atoms with E-state index in [4.69, 9.17) is 16.9 Å². The van der Waals surface area contributed by atoms with E-state index in [1.807, 2.05) is 18.2 Å². The van der Waals surface area contributed by atoms with Gasteiger partial charge in [0, 0.05) is 22.2 Å². The van der Waals surface area contributed by atoms with E-state index in [0.717, 1.165) is 21.6 Å². The third-order valence-corrected chi connectivity index (χ3v) is 7.01. The number of nitriles is 1. The van der Waals surface area contributed by atoms with Gasteiger partial charge in [0.05, 0.1) is 29.2 Å². The maximum absolute atomic E-state index is 13.6. The molecule has 200 valence electrons. The van der Waals surface area contributed by atoms with Gasteiger partial charge in [-0.3, -0.25) is 0 Å². The van der Waals surface area contributed by atoms with Gasteiger partial charge in [-0.15, -0.1) is 5.10 Å². The van der Waals surface area contributed by atoms with Crippen LogP contribution in [0.1, 0.15) is 28.6 Å². The van der Waals surface area contributed by atoms with E-state index in [2.05, 4.69) is 31.6 Å². The molecule has 1 unspecified atom stereocenters. The van der Waals surface area contributed by atoms with Gasteiger partial charge in [0.25, 0.3) is 0 Å². The largest absolute Gasteiger partial charge is 0.618 e. The Morgan fingerprint density at radius 3 is 2.51 bits per heavy atom. The number of nitrogens with zero attached hydrogens (tertiary/aromatic N) is 7. The van der Waals surface area contributed by atoms with Gasteiger partial charge in [0.1, 0.15) is 23.9 Å². The fraction of sp³-hybridized carbons (Fsp3) is 0.0667. The molecule has 1 N–H and O–H groups in total. The highest BCUT2D eigenvalue weighted by atomic mass is 35.5. The summed E-state index contributed by atoms with van der Waals surface area (Å²) in [6.07, 6.45) is 5.04. The molecular weight excluding hydrogens is 543 g/mol. The second kappa shape index (κ2) is 11.0. The Bertz CT molecular complexity index is 1860. The number of hydrogen-bond acceptors (Lipinski definition) is 6. The summed E-state index contributed by atoms with van der Waals surface area (Å²) in [5.74, 6) is -0.241. The molecule has 3 heterocycles. The third kappa shape index (κ3) is 5.39. The molecule has 6 aromatic rings. The summed E-state index contributed by atoms with van der Waals surface area (Å²) in [7, 11) is 0. The number of aromatic amines is 1. The quantitative estimate of drug-likeness (QED) is 0.205. The SMILES string of the molecule is N#Cc1ccc(-c2cnc(C(Cc3ccc(F)cc3)c3ccc(-c4cc(Cl)ccc4-n4cnnn4)c[n+]3[O-])[nH]2)cc1. The second-order valence-corrected chi connectivity index (χ2v) is 9.78. The molecule has 0 radical (unpaired) electrons. The van der Waals surface area contributed by atoms with Gasteiger partial charge < -0.3 is 10.2 Å². The van der Waals surface area contributed by atoms with Gasteiger partial charge in [-0.25, -0.2) is 9.37 Å². The third-order valence-electron chi connectivity index (χ3n) is 6.77. The van der Waals surface area contributed by atoms with E-state index in [1.165, 1.54) is 29.3 Å². The highest BCUT2D eigenvalue weighted by Crippen LogP contribution is 2.31. The lowest BCUT2D eigenvalue weighted by atomic mass is 9.94. The molecule has 0 spiro atoms. The van der Waals surface area contributed by atoms with Gasteiger partial charge in [0.2, 0.25) is 5.69 Å². The lowest BCUT2D eigenvalue weighted by Crippen LogP contribution is -2.34. The van der Waals surface area contributed by atoms with E-state index in [0.29, 0.717) is 45.3 Å². The van der Waals surface area contributed by atoms with Crippen LogP contribution in [0.15, 0.2) is 97.6 Å². The number of H-pyrrole nitrogens is 1. The van der Waals surface area contributed by atoms with Gasteiger partial charge in [-0.2, -0.15) is 14.7 Å². The maximum atomic E-state index is 13.6. The summed E-state index contributed by atoms with van der Waals surface area (Å²) in [4.78, 5) is 7.96. The molecule has 0 aliphatic heterocycles. The zero-order valence-electron chi connectivity index (χ0n) is 21.3. The first-order chi connectivity index (χ1) is 20.0. The number of benzene rings is 3. The molecule has 41 heavy (non-hydrogen) atoms. The highest BCUT2D eigenvalue weighted by Gasteiger charge is 2.27. The smallest absolute Gasteiger partial charge is 0.203 e. The summed E-state index contributed by atoms with van der Waals surface area (Å²) in [6, 6.07) is 24.3. The Morgan fingerprint density at radius 1 is 1.02 bits per heavy atom. The molecule has 9 nitrogen and oxygen atoms in total. The summed E-state index contributed by atoms with van der Waals surface area (Å²) >= 11 is 6.30. The minimum atomic E-state index is -0.475. The normalized spacial score (nSPS) is 11.7. The van der Waals surface area contributed by atoms with Crippen molar-refractivity contribution >= 4 is 11.6 Å². The Kier molecular flexibility index (Phi) is 6.93. The second-order valence-electron chi connectivity index (χ2n) is 9.34. The lowest BCUT2D eigenvalue weighted by molar-refractivity contribution is -0.614. The topological polar surface area (TPSA) is 123 Å². The van der Waals surface area contributed by atoms with Gasteiger partial charge in [-0.05, 0) is 76.5 Å². The minimum absolute atomic E-state index is 0.338. The molecule has 0 saturated heterocycles. The van der Waals surface area contributed by atoms with Crippen LogP contribution in [0.5, 0.6) is 0 Å². The van der Waals surface area contributed by atoms with Crippen molar-refractivity contribution in [2.45, 2.75) is 12.3 Å². The average Bonchev–Trinajstić information content (AvgIpc) is 3.71. The van der Waals surface area contributed by atoms with Crippen molar-refractivity contribution < 1.29 is 9.12 Å². The Hall–Kier alpha value is -5.40. The van der Waals surface area contributed by atoms with Crippen molar-refractivity contribution in [2.24, 2.45) is 0 Å².